The van der Waals surface area contributed by atoms with Gasteiger partial charge < -0.3 is 55.2 Å². The van der Waals surface area contributed by atoms with Crippen molar-refractivity contribution >= 4 is 29.7 Å². The second-order valence-electron chi connectivity index (χ2n) is 11.7. The van der Waals surface area contributed by atoms with Gasteiger partial charge in [-0.05, 0) is 53.9 Å². The summed E-state index contributed by atoms with van der Waals surface area (Å²) in [6.45, 7) is -0.824. The normalized spacial score (nSPS) is 12.9. The Balaban J connectivity index is 1.88. The number of nitrogens with two attached hydrogens (primary N) is 1. The van der Waals surface area contributed by atoms with E-state index in [-0.39, 0.29) is 82.1 Å². The van der Waals surface area contributed by atoms with Crippen LogP contribution in [-0.4, -0.2) is 125 Å². The van der Waals surface area contributed by atoms with Gasteiger partial charge in [0.2, 0.25) is 0 Å². The van der Waals surface area contributed by atoms with E-state index in [4.69, 9.17) is 45.2 Å². The van der Waals surface area contributed by atoms with E-state index in [0.29, 0.717) is 5.56 Å². The number of amides is 3. The third-order valence-corrected chi connectivity index (χ3v) is 7.50. The number of hydrogen-bond donors (Lipinski definition) is 5. The lowest BCUT2D eigenvalue weighted by Gasteiger charge is -2.29. The van der Waals surface area contributed by atoms with E-state index < -0.39 is 67.6 Å². The van der Waals surface area contributed by atoms with E-state index in [2.05, 4.69) is 30.7 Å². The number of carbonyl (C=O) groups is 5. The molecular weight excluding hydrogens is 797 g/mol. The first-order valence-electron chi connectivity index (χ1n) is 17.6. The minimum absolute atomic E-state index is 0.0567. The molecule has 0 radical (unpaired) electrons. The molecule has 2 rings (SSSR count). The van der Waals surface area contributed by atoms with Gasteiger partial charge in [-0.3, -0.25) is 19.2 Å². The summed E-state index contributed by atoms with van der Waals surface area (Å²) >= 11 is 0. The number of halogens is 3. The molecule has 0 spiro atoms. The number of nitrogens with zero attached hydrogens (tertiary/aromatic N) is 6. The average molecular weight is 841 g/mol. The van der Waals surface area contributed by atoms with Crippen LogP contribution in [-0.2, 0) is 33.3 Å². The van der Waals surface area contributed by atoms with Crippen LogP contribution in [0.4, 0.5) is 13.2 Å². The van der Waals surface area contributed by atoms with Crippen molar-refractivity contribution in [1.82, 2.24) is 16.0 Å². The zero-order valence-electron chi connectivity index (χ0n) is 31.6. The maximum atomic E-state index is 13.1. The molecule has 322 valence electrons. The van der Waals surface area contributed by atoms with Gasteiger partial charge in [-0.2, -0.15) is 13.2 Å². The molecule has 0 aromatic heterocycles. The molecule has 0 heterocycles. The first-order chi connectivity index (χ1) is 28.2. The van der Waals surface area contributed by atoms with Crippen LogP contribution in [0.3, 0.4) is 0 Å². The van der Waals surface area contributed by atoms with Gasteiger partial charge >= 0.3 is 24.0 Å². The van der Waals surface area contributed by atoms with E-state index in [1.165, 1.54) is 37.3 Å². The Kier molecular flexibility index (Phi) is 21.3. The Hall–Kier alpha value is -6.36. The van der Waals surface area contributed by atoms with E-state index >= 15 is 0 Å². The van der Waals surface area contributed by atoms with E-state index in [0.717, 1.165) is 0 Å². The number of azide groups is 2. The quantitative estimate of drug-likeness (QED) is 0.0271. The molecule has 25 heteroatoms. The first-order valence-corrected chi connectivity index (χ1v) is 17.6. The first kappa shape index (κ1) is 48.8. The number of carbonyl (C=O) groups excluding carboxylic acids is 4. The molecular formula is C34H43F3N10O12. The van der Waals surface area contributed by atoms with Crippen LogP contribution in [0, 0.1) is 0 Å². The molecule has 0 aliphatic carbocycles. The number of carboxylic acids is 1. The van der Waals surface area contributed by atoms with Gasteiger partial charge in [-0.15, -0.1) is 0 Å². The number of esters is 1. The number of carboxylic acid groups (broad SMARTS) is 1. The Morgan fingerprint density at radius 2 is 1.31 bits per heavy atom. The third kappa shape index (κ3) is 18.2. The highest BCUT2D eigenvalue weighted by Crippen LogP contribution is 2.24. The van der Waals surface area contributed by atoms with Crippen molar-refractivity contribution in [3.63, 3.8) is 0 Å². The van der Waals surface area contributed by atoms with Crippen LogP contribution < -0.4 is 31.2 Å². The molecule has 2 aromatic rings. The van der Waals surface area contributed by atoms with Crippen molar-refractivity contribution in [3.05, 3.63) is 80.5 Å². The van der Waals surface area contributed by atoms with E-state index in [1.54, 1.807) is 23.5 Å². The number of benzene rings is 2. The van der Waals surface area contributed by atoms with Gasteiger partial charge in [0.05, 0.1) is 26.2 Å². The largest absolute Gasteiger partial charge is 0.491 e. The highest BCUT2D eigenvalue weighted by Gasteiger charge is 2.42. The lowest BCUT2D eigenvalue weighted by atomic mass is 9.96. The maximum Gasteiger partial charge on any atom is 0.471 e. The fourth-order valence-electron chi connectivity index (χ4n) is 4.65. The smallest absolute Gasteiger partial charge is 0.471 e. The Labute approximate surface area is 334 Å². The molecule has 0 saturated heterocycles. The molecule has 22 nitrogen and oxygen atoms in total. The lowest BCUT2D eigenvalue weighted by Crippen LogP contribution is -2.45. The number of rotatable bonds is 28. The summed E-state index contributed by atoms with van der Waals surface area (Å²) in [5.41, 5.74) is 21.7. The van der Waals surface area contributed by atoms with Crippen LogP contribution in [0.2, 0.25) is 0 Å². The predicted octanol–water partition coefficient (Wildman–Crippen LogP) is 2.73. The van der Waals surface area contributed by atoms with Crippen molar-refractivity contribution in [2.45, 2.75) is 44.0 Å². The fraction of sp³-hybridized carbons (Fsp3) is 0.500. The molecule has 3 unspecified atom stereocenters. The summed E-state index contributed by atoms with van der Waals surface area (Å²) in [6.07, 6.45) is -8.44. The van der Waals surface area contributed by atoms with E-state index in [1.807, 2.05) is 0 Å². The minimum atomic E-state index is -5.06. The standard InChI is InChI=1S/C34H43F3N10O12/c1-2-33(19-28(48)49,59-16-15-55-27(45-47-40)21-58-24-7-3-5-22(17-24)29(50)41-10-9-38)32(53)56-14-13-54-26(44-46-39)20-57-25-8-4-6-23(18-25)30(51)42-11-12-43-31(52)34(35,36)37/h3-8,17-18,26-27H,2,9-16,19-21,38H2,1H3,(H,41,50)(H,42,51)(H,43,52)(H,48,49). The molecule has 0 aliphatic heterocycles. The molecule has 3 amide bonds. The SMILES string of the molecule is CCC(CC(=O)O)(OCCOC(COc1cccc(C(=O)NCCN)c1)N=[N+]=[N-])C(=O)OCCOC(COc1cccc(C(=O)NCCNC(=O)C(F)(F)F)c1)N=[N+]=[N-]. The molecule has 6 N–H and O–H groups in total. The van der Waals surface area contributed by atoms with Gasteiger partial charge in [-0.25, -0.2) is 4.79 Å². The van der Waals surface area contributed by atoms with Crippen molar-refractivity contribution in [1.29, 1.82) is 0 Å². The van der Waals surface area contributed by atoms with Gasteiger partial charge in [0.1, 0.15) is 31.3 Å². The van der Waals surface area contributed by atoms with Crippen LogP contribution >= 0.6 is 0 Å². The molecule has 0 fully saturated rings. The van der Waals surface area contributed by atoms with Crippen LogP contribution in [0.5, 0.6) is 11.5 Å². The summed E-state index contributed by atoms with van der Waals surface area (Å²) in [6, 6.07) is 11.7. The van der Waals surface area contributed by atoms with E-state index in [9.17, 15) is 42.3 Å². The topological polar surface area (TPSA) is 321 Å². The zero-order chi connectivity index (χ0) is 43.7. The Morgan fingerprint density at radius 3 is 1.78 bits per heavy atom. The molecule has 0 aliphatic rings. The highest BCUT2D eigenvalue weighted by molar-refractivity contribution is 5.95. The van der Waals surface area contributed by atoms with Crippen molar-refractivity contribution in [3.8, 4) is 11.5 Å². The summed E-state index contributed by atoms with van der Waals surface area (Å²) in [7, 11) is 0. The summed E-state index contributed by atoms with van der Waals surface area (Å²) in [5.74, 6) is -5.24. The monoisotopic (exact) mass is 840 g/mol. The van der Waals surface area contributed by atoms with Crippen molar-refractivity contribution in [2.24, 2.45) is 16.0 Å². The number of aliphatic carboxylic acids is 1. The average Bonchev–Trinajstić information content (AvgIpc) is 3.21. The number of ether oxygens (including phenoxy) is 6. The predicted molar refractivity (Wildman–Crippen MR) is 197 cm³/mol. The van der Waals surface area contributed by atoms with Gasteiger partial charge in [0.15, 0.2) is 18.1 Å². The van der Waals surface area contributed by atoms with Crippen LogP contribution in [0.15, 0.2) is 58.8 Å². The zero-order valence-corrected chi connectivity index (χ0v) is 31.6. The molecule has 59 heavy (non-hydrogen) atoms. The van der Waals surface area contributed by atoms with Crippen molar-refractivity contribution < 1.29 is 70.7 Å². The van der Waals surface area contributed by atoms with Crippen LogP contribution in [0.25, 0.3) is 20.9 Å². The third-order valence-electron chi connectivity index (χ3n) is 7.50. The van der Waals surface area contributed by atoms with Gasteiger partial charge in [0, 0.05) is 47.1 Å². The number of hydrogen-bond acceptors (Lipinski definition) is 14. The summed E-state index contributed by atoms with van der Waals surface area (Å²) < 4.78 is 69.9. The van der Waals surface area contributed by atoms with Crippen LogP contribution in [0.1, 0.15) is 40.5 Å². The lowest BCUT2D eigenvalue weighted by molar-refractivity contribution is -0.183. The summed E-state index contributed by atoms with van der Waals surface area (Å²) in [4.78, 5) is 65.7. The van der Waals surface area contributed by atoms with Crippen molar-refractivity contribution in [2.75, 3.05) is 65.8 Å². The molecule has 2 aromatic carbocycles. The Morgan fingerprint density at radius 1 is 0.797 bits per heavy atom. The minimum Gasteiger partial charge on any atom is -0.491 e. The summed E-state index contributed by atoms with van der Waals surface area (Å²) in [5, 5.41) is 23.1. The maximum absolute atomic E-state index is 13.1. The molecule has 0 bridgehead atoms. The molecule has 0 saturated carbocycles. The Bertz CT molecular complexity index is 1810. The second-order valence-corrected chi connectivity index (χ2v) is 11.7. The molecule has 3 atom stereocenters. The van der Waals surface area contributed by atoms with Gasteiger partial charge in [-0.1, -0.05) is 29.3 Å². The number of nitrogens with one attached hydrogen (secondary N) is 3. The second kappa shape index (κ2) is 25.8. The van der Waals surface area contributed by atoms with Gasteiger partial charge in [0.25, 0.3) is 11.8 Å². The fourth-order valence-corrected chi connectivity index (χ4v) is 4.65. The highest BCUT2D eigenvalue weighted by atomic mass is 19.4. The number of alkyl halides is 3.